The molecule has 0 rings (SSSR count). The Labute approximate surface area is 95.9 Å². The summed E-state index contributed by atoms with van der Waals surface area (Å²) in [6, 6.07) is 3.98. The van der Waals surface area contributed by atoms with Crippen molar-refractivity contribution in [2.24, 2.45) is 11.3 Å². The first-order chi connectivity index (χ1) is 7.52. The number of aldehydes is 1. The molecule has 4 nitrogen and oxygen atoms in total. The molecule has 0 amide bonds. The Balaban J connectivity index is 4.95. The molecule has 0 heterocycles. The van der Waals surface area contributed by atoms with Gasteiger partial charge >= 0.3 is 0 Å². The van der Waals surface area contributed by atoms with Crippen molar-refractivity contribution in [1.29, 1.82) is 10.5 Å². The van der Waals surface area contributed by atoms with Crippen LogP contribution in [0.25, 0.3) is 0 Å². The first-order valence-corrected chi connectivity index (χ1v) is 5.21. The highest BCUT2D eigenvalue weighted by Crippen LogP contribution is 2.37. The van der Waals surface area contributed by atoms with Gasteiger partial charge in [-0.1, -0.05) is 6.92 Å². The summed E-state index contributed by atoms with van der Waals surface area (Å²) in [6.07, 6.45) is 1.84. The second-order valence-corrected chi connectivity index (χ2v) is 4.10. The van der Waals surface area contributed by atoms with Gasteiger partial charge in [-0.15, -0.1) is 0 Å². The standard InChI is InChI=1S/C12H16N2O2/c1-10(16)12(2,6-8-14)11(5-9-15)4-3-7-13/h9,11H,3-6H2,1-2H3/t11-,12-/m1/s1. The van der Waals surface area contributed by atoms with Gasteiger partial charge in [0.2, 0.25) is 0 Å². The number of rotatable bonds is 7. The molecule has 0 bridgehead atoms. The third-order valence-electron chi connectivity index (χ3n) is 3.14. The predicted octanol–water partition coefficient (Wildman–Crippen LogP) is 2.00. The molecule has 0 aliphatic rings. The van der Waals surface area contributed by atoms with E-state index in [0.717, 1.165) is 6.29 Å². The van der Waals surface area contributed by atoms with Crippen molar-refractivity contribution in [1.82, 2.24) is 0 Å². The summed E-state index contributed by atoms with van der Waals surface area (Å²) in [6.45, 7) is 3.13. The fourth-order valence-corrected chi connectivity index (χ4v) is 1.77. The maximum Gasteiger partial charge on any atom is 0.137 e. The summed E-state index contributed by atoms with van der Waals surface area (Å²) in [5, 5.41) is 17.3. The lowest BCUT2D eigenvalue weighted by molar-refractivity contribution is -0.129. The lowest BCUT2D eigenvalue weighted by atomic mass is 9.69. The first-order valence-electron chi connectivity index (χ1n) is 5.21. The minimum atomic E-state index is -0.813. The van der Waals surface area contributed by atoms with E-state index >= 15 is 0 Å². The number of hydrogen-bond donors (Lipinski definition) is 0. The van der Waals surface area contributed by atoms with E-state index in [2.05, 4.69) is 0 Å². The molecule has 0 spiro atoms. The van der Waals surface area contributed by atoms with Crippen LogP contribution in [0.4, 0.5) is 0 Å². The number of hydrogen-bond acceptors (Lipinski definition) is 4. The van der Waals surface area contributed by atoms with Crippen LogP contribution in [0.2, 0.25) is 0 Å². The van der Waals surface area contributed by atoms with Gasteiger partial charge in [0.1, 0.15) is 12.1 Å². The zero-order chi connectivity index (χ0) is 12.6. The highest BCUT2D eigenvalue weighted by atomic mass is 16.1. The topological polar surface area (TPSA) is 81.7 Å². The van der Waals surface area contributed by atoms with Gasteiger partial charge in [-0.2, -0.15) is 10.5 Å². The summed E-state index contributed by atoms with van der Waals surface area (Å²) in [4.78, 5) is 22.2. The minimum Gasteiger partial charge on any atom is -0.303 e. The molecular weight excluding hydrogens is 204 g/mol. The van der Waals surface area contributed by atoms with Crippen molar-refractivity contribution in [3.05, 3.63) is 0 Å². The van der Waals surface area contributed by atoms with Crippen LogP contribution < -0.4 is 0 Å². The normalized spacial score (nSPS) is 15.2. The zero-order valence-corrected chi connectivity index (χ0v) is 9.69. The lowest BCUT2D eigenvalue weighted by Gasteiger charge is -2.32. The Morgan fingerprint density at radius 2 is 2.06 bits per heavy atom. The molecule has 16 heavy (non-hydrogen) atoms. The molecule has 0 radical (unpaired) electrons. The van der Waals surface area contributed by atoms with E-state index in [1.54, 1.807) is 6.92 Å². The Kier molecular flexibility index (Phi) is 6.03. The largest absolute Gasteiger partial charge is 0.303 e. The van der Waals surface area contributed by atoms with E-state index in [1.807, 2.05) is 12.1 Å². The molecule has 0 saturated heterocycles. The van der Waals surface area contributed by atoms with Crippen LogP contribution in [0.3, 0.4) is 0 Å². The quantitative estimate of drug-likeness (QED) is 0.614. The number of carbonyl (C=O) groups is 2. The molecular formula is C12H16N2O2. The summed E-state index contributed by atoms with van der Waals surface area (Å²) in [5.74, 6) is -0.319. The maximum atomic E-state index is 11.6. The van der Waals surface area contributed by atoms with E-state index in [0.29, 0.717) is 12.8 Å². The van der Waals surface area contributed by atoms with Gasteiger partial charge in [0.05, 0.1) is 12.1 Å². The van der Waals surface area contributed by atoms with Crippen molar-refractivity contribution in [2.45, 2.75) is 39.5 Å². The summed E-state index contributed by atoms with van der Waals surface area (Å²) in [5.41, 5.74) is -0.813. The average molecular weight is 220 g/mol. The number of ketones is 1. The zero-order valence-electron chi connectivity index (χ0n) is 9.69. The number of Topliss-reactive ketones (excluding diaryl/α,β-unsaturated/α-hetero) is 1. The third kappa shape index (κ3) is 3.47. The molecule has 0 aliphatic heterocycles. The number of carbonyl (C=O) groups excluding carboxylic acids is 2. The van der Waals surface area contributed by atoms with Gasteiger partial charge in [-0.3, -0.25) is 4.79 Å². The van der Waals surface area contributed by atoms with E-state index in [-0.39, 0.29) is 24.5 Å². The molecule has 0 fully saturated rings. The Morgan fingerprint density at radius 1 is 1.44 bits per heavy atom. The SMILES string of the molecule is CC(=O)[C@@](C)(CC#N)[C@@H](CC=O)CCC#N. The summed E-state index contributed by atoms with van der Waals surface area (Å²) >= 11 is 0. The monoisotopic (exact) mass is 220 g/mol. The van der Waals surface area contributed by atoms with Crippen molar-refractivity contribution in [3.8, 4) is 12.1 Å². The smallest absolute Gasteiger partial charge is 0.137 e. The molecule has 0 unspecified atom stereocenters. The highest BCUT2D eigenvalue weighted by molar-refractivity contribution is 5.83. The van der Waals surface area contributed by atoms with E-state index in [1.165, 1.54) is 6.92 Å². The number of nitrogens with zero attached hydrogens (tertiary/aromatic N) is 2. The van der Waals surface area contributed by atoms with E-state index in [9.17, 15) is 9.59 Å². The molecule has 0 aromatic heterocycles. The van der Waals surface area contributed by atoms with Crippen molar-refractivity contribution in [2.75, 3.05) is 0 Å². The second kappa shape index (κ2) is 6.74. The average Bonchev–Trinajstić information content (AvgIpc) is 2.24. The van der Waals surface area contributed by atoms with Gasteiger partial charge in [-0.25, -0.2) is 0 Å². The lowest BCUT2D eigenvalue weighted by Crippen LogP contribution is -2.34. The summed E-state index contributed by atoms with van der Waals surface area (Å²) in [7, 11) is 0. The van der Waals surface area contributed by atoms with Gasteiger partial charge in [0.15, 0.2) is 0 Å². The van der Waals surface area contributed by atoms with Crippen LogP contribution in [0, 0.1) is 34.0 Å². The van der Waals surface area contributed by atoms with Gasteiger partial charge in [0.25, 0.3) is 0 Å². The number of nitriles is 2. The van der Waals surface area contributed by atoms with Gasteiger partial charge in [0, 0.05) is 24.7 Å². The van der Waals surface area contributed by atoms with Gasteiger partial charge < -0.3 is 4.79 Å². The second-order valence-electron chi connectivity index (χ2n) is 4.10. The maximum absolute atomic E-state index is 11.6. The van der Waals surface area contributed by atoms with Crippen molar-refractivity contribution >= 4 is 12.1 Å². The third-order valence-corrected chi connectivity index (χ3v) is 3.14. The predicted molar refractivity (Wildman–Crippen MR) is 58.0 cm³/mol. The van der Waals surface area contributed by atoms with Crippen molar-refractivity contribution < 1.29 is 9.59 Å². The fourth-order valence-electron chi connectivity index (χ4n) is 1.77. The first kappa shape index (κ1) is 14.3. The fraction of sp³-hybridized carbons (Fsp3) is 0.667. The summed E-state index contributed by atoms with van der Waals surface area (Å²) < 4.78 is 0. The van der Waals surface area contributed by atoms with Gasteiger partial charge in [-0.05, 0) is 19.3 Å². The molecule has 0 N–H and O–H groups in total. The molecule has 2 atom stereocenters. The Hall–Kier alpha value is -1.68. The van der Waals surface area contributed by atoms with Crippen molar-refractivity contribution in [3.63, 3.8) is 0 Å². The Morgan fingerprint density at radius 3 is 2.44 bits per heavy atom. The van der Waals surface area contributed by atoms with Crippen LogP contribution in [0.15, 0.2) is 0 Å². The van der Waals surface area contributed by atoms with E-state index < -0.39 is 5.41 Å². The van der Waals surface area contributed by atoms with Crippen LogP contribution in [0.5, 0.6) is 0 Å². The molecule has 0 aliphatic carbocycles. The minimum absolute atomic E-state index is 0.0896. The Bertz CT molecular complexity index is 338. The molecule has 0 aromatic carbocycles. The molecule has 4 heteroatoms. The van der Waals surface area contributed by atoms with Crippen LogP contribution in [0.1, 0.15) is 39.5 Å². The van der Waals surface area contributed by atoms with Crippen LogP contribution in [-0.4, -0.2) is 12.1 Å². The molecule has 0 saturated carbocycles. The van der Waals surface area contributed by atoms with Crippen LogP contribution in [-0.2, 0) is 9.59 Å². The molecule has 86 valence electrons. The van der Waals surface area contributed by atoms with Crippen LogP contribution >= 0.6 is 0 Å². The molecule has 0 aromatic rings. The van der Waals surface area contributed by atoms with E-state index in [4.69, 9.17) is 10.5 Å². The highest BCUT2D eigenvalue weighted by Gasteiger charge is 2.37.